The van der Waals surface area contributed by atoms with Gasteiger partial charge >= 0.3 is 6.18 Å². The summed E-state index contributed by atoms with van der Waals surface area (Å²) in [5.74, 6) is 0.419. The topological polar surface area (TPSA) is 24.1 Å². The van der Waals surface area contributed by atoms with Gasteiger partial charge in [-0.15, -0.1) is 0 Å². The Balaban J connectivity index is 2.51. The lowest BCUT2D eigenvalue weighted by Crippen LogP contribution is -2.22. The standard InChI is InChI=1S/C12H17F3N2/c1-9(7-16-2)8-17-11-5-3-10(4-6-11)12(13,14)15/h3-6,9,16-17H,7-8H2,1-2H3. The van der Waals surface area contributed by atoms with Crippen LogP contribution >= 0.6 is 0 Å². The molecule has 0 saturated carbocycles. The van der Waals surface area contributed by atoms with Gasteiger partial charge in [-0.1, -0.05) is 6.92 Å². The van der Waals surface area contributed by atoms with Gasteiger partial charge in [0.05, 0.1) is 5.56 Å². The summed E-state index contributed by atoms with van der Waals surface area (Å²) >= 11 is 0. The van der Waals surface area contributed by atoms with Crippen LogP contribution in [0, 0.1) is 5.92 Å². The first-order valence-corrected chi connectivity index (χ1v) is 5.49. The van der Waals surface area contributed by atoms with Gasteiger partial charge in [-0.2, -0.15) is 13.2 Å². The molecule has 0 aromatic heterocycles. The largest absolute Gasteiger partial charge is 0.416 e. The highest BCUT2D eigenvalue weighted by atomic mass is 19.4. The average molecular weight is 246 g/mol. The first-order chi connectivity index (χ1) is 7.93. The van der Waals surface area contributed by atoms with Crippen LogP contribution in [0.2, 0.25) is 0 Å². The van der Waals surface area contributed by atoms with Crippen molar-refractivity contribution in [3.8, 4) is 0 Å². The summed E-state index contributed by atoms with van der Waals surface area (Å²) in [6, 6.07) is 5.08. The van der Waals surface area contributed by atoms with Crippen LogP contribution in [0.25, 0.3) is 0 Å². The number of hydrogen-bond donors (Lipinski definition) is 2. The van der Waals surface area contributed by atoms with E-state index in [4.69, 9.17) is 0 Å². The van der Waals surface area contributed by atoms with Crippen molar-refractivity contribution in [1.29, 1.82) is 0 Å². The summed E-state index contributed by atoms with van der Waals surface area (Å²) < 4.78 is 36.9. The number of alkyl halides is 3. The predicted molar refractivity (Wildman–Crippen MR) is 63.0 cm³/mol. The second-order valence-electron chi connectivity index (χ2n) is 4.12. The molecule has 2 nitrogen and oxygen atoms in total. The van der Waals surface area contributed by atoms with Crippen molar-refractivity contribution in [3.63, 3.8) is 0 Å². The number of hydrogen-bond acceptors (Lipinski definition) is 2. The van der Waals surface area contributed by atoms with Gasteiger partial charge < -0.3 is 10.6 Å². The summed E-state index contributed by atoms with van der Waals surface area (Å²) in [5.41, 5.74) is 0.0901. The molecule has 1 atom stereocenters. The van der Waals surface area contributed by atoms with E-state index in [1.165, 1.54) is 12.1 Å². The Bertz CT molecular complexity index is 333. The zero-order valence-corrected chi connectivity index (χ0v) is 9.93. The van der Waals surface area contributed by atoms with Crippen LogP contribution in [0.5, 0.6) is 0 Å². The number of halogens is 3. The molecule has 0 heterocycles. The van der Waals surface area contributed by atoms with E-state index in [-0.39, 0.29) is 0 Å². The summed E-state index contributed by atoms with van der Waals surface area (Å²) in [6.45, 7) is 3.66. The Morgan fingerprint density at radius 3 is 2.18 bits per heavy atom. The fraction of sp³-hybridized carbons (Fsp3) is 0.500. The van der Waals surface area contributed by atoms with Crippen LogP contribution in [0.4, 0.5) is 18.9 Å². The molecule has 17 heavy (non-hydrogen) atoms. The highest BCUT2D eigenvalue weighted by molar-refractivity contribution is 5.45. The molecule has 0 amide bonds. The molecule has 0 aliphatic heterocycles. The minimum absolute atomic E-state index is 0.419. The molecule has 0 spiro atoms. The van der Waals surface area contributed by atoms with Crippen molar-refractivity contribution in [2.75, 3.05) is 25.5 Å². The predicted octanol–water partition coefficient (Wildman–Crippen LogP) is 2.97. The molecule has 2 N–H and O–H groups in total. The van der Waals surface area contributed by atoms with Gasteiger partial charge in [-0.05, 0) is 43.8 Å². The van der Waals surface area contributed by atoms with Crippen molar-refractivity contribution in [2.45, 2.75) is 13.1 Å². The SMILES string of the molecule is CNCC(C)CNc1ccc(C(F)(F)F)cc1. The molecule has 5 heteroatoms. The van der Waals surface area contributed by atoms with Gasteiger partial charge in [-0.3, -0.25) is 0 Å². The minimum Gasteiger partial charge on any atom is -0.385 e. The first kappa shape index (κ1) is 13.8. The lowest BCUT2D eigenvalue weighted by Gasteiger charge is -2.13. The molecule has 1 rings (SSSR count). The Hall–Kier alpha value is -1.23. The third-order valence-electron chi connectivity index (χ3n) is 2.42. The lowest BCUT2D eigenvalue weighted by molar-refractivity contribution is -0.137. The van der Waals surface area contributed by atoms with Gasteiger partial charge in [0.15, 0.2) is 0 Å². The summed E-state index contributed by atoms with van der Waals surface area (Å²) in [6.07, 6.45) is -4.27. The second kappa shape index (κ2) is 5.91. The highest BCUT2D eigenvalue weighted by Gasteiger charge is 2.29. The summed E-state index contributed by atoms with van der Waals surface area (Å²) in [7, 11) is 1.87. The van der Waals surface area contributed by atoms with Crippen molar-refractivity contribution in [3.05, 3.63) is 29.8 Å². The average Bonchev–Trinajstić information content (AvgIpc) is 2.26. The summed E-state index contributed by atoms with van der Waals surface area (Å²) in [5, 5.41) is 6.14. The molecule has 1 unspecified atom stereocenters. The molecule has 0 radical (unpaired) electrons. The van der Waals surface area contributed by atoms with E-state index in [0.29, 0.717) is 11.6 Å². The fourth-order valence-electron chi connectivity index (χ4n) is 1.49. The zero-order valence-electron chi connectivity index (χ0n) is 9.93. The molecule has 0 bridgehead atoms. The molecule has 0 fully saturated rings. The monoisotopic (exact) mass is 246 g/mol. The van der Waals surface area contributed by atoms with E-state index >= 15 is 0 Å². The molecule has 1 aromatic carbocycles. The third kappa shape index (κ3) is 4.65. The van der Waals surface area contributed by atoms with Gasteiger partial charge in [-0.25, -0.2) is 0 Å². The van der Waals surface area contributed by atoms with Crippen molar-refractivity contribution in [1.82, 2.24) is 5.32 Å². The normalized spacial score (nSPS) is 13.5. The van der Waals surface area contributed by atoms with Crippen LogP contribution in [-0.4, -0.2) is 20.1 Å². The van der Waals surface area contributed by atoms with Crippen LogP contribution in [0.1, 0.15) is 12.5 Å². The fourth-order valence-corrected chi connectivity index (χ4v) is 1.49. The van der Waals surface area contributed by atoms with Crippen molar-refractivity contribution >= 4 is 5.69 Å². The van der Waals surface area contributed by atoms with E-state index in [9.17, 15) is 13.2 Å². The zero-order chi connectivity index (χ0) is 12.9. The van der Waals surface area contributed by atoms with E-state index in [0.717, 1.165) is 25.2 Å². The van der Waals surface area contributed by atoms with Gasteiger partial charge in [0.1, 0.15) is 0 Å². The van der Waals surface area contributed by atoms with E-state index in [1.807, 2.05) is 7.05 Å². The van der Waals surface area contributed by atoms with Gasteiger partial charge in [0.2, 0.25) is 0 Å². The second-order valence-corrected chi connectivity index (χ2v) is 4.12. The van der Waals surface area contributed by atoms with Crippen molar-refractivity contribution < 1.29 is 13.2 Å². The molecule has 0 saturated heterocycles. The number of benzene rings is 1. The lowest BCUT2D eigenvalue weighted by atomic mass is 10.1. The Kier molecular flexibility index (Phi) is 4.81. The first-order valence-electron chi connectivity index (χ1n) is 5.49. The van der Waals surface area contributed by atoms with Gasteiger partial charge in [0.25, 0.3) is 0 Å². The summed E-state index contributed by atoms with van der Waals surface area (Å²) in [4.78, 5) is 0. The van der Waals surface area contributed by atoms with Crippen LogP contribution in [0.15, 0.2) is 24.3 Å². The smallest absolute Gasteiger partial charge is 0.385 e. The number of anilines is 1. The molecule has 0 aliphatic rings. The third-order valence-corrected chi connectivity index (χ3v) is 2.42. The van der Waals surface area contributed by atoms with Gasteiger partial charge in [0, 0.05) is 12.2 Å². The van der Waals surface area contributed by atoms with Crippen molar-refractivity contribution in [2.24, 2.45) is 5.92 Å². The minimum atomic E-state index is -4.27. The molecule has 96 valence electrons. The van der Waals surface area contributed by atoms with Crippen LogP contribution < -0.4 is 10.6 Å². The molecular formula is C12H17F3N2. The quantitative estimate of drug-likeness (QED) is 0.834. The maximum atomic E-state index is 12.3. The van der Waals surface area contributed by atoms with Crippen LogP contribution in [-0.2, 0) is 6.18 Å². The van der Waals surface area contributed by atoms with E-state index in [1.54, 1.807) is 0 Å². The Morgan fingerprint density at radius 1 is 1.12 bits per heavy atom. The maximum absolute atomic E-state index is 12.3. The molecule has 1 aromatic rings. The molecule has 0 aliphatic carbocycles. The Labute approximate surface area is 99.2 Å². The Morgan fingerprint density at radius 2 is 1.71 bits per heavy atom. The van der Waals surface area contributed by atoms with E-state index in [2.05, 4.69) is 17.6 Å². The van der Waals surface area contributed by atoms with Crippen LogP contribution in [0.3, 0.4) is 0 Å². The number of nitrogens with one attached hydrogen (secondary N) is 2. The van der Waals surface area contributed by atoms with E-state index < -0.39 is 11.7 Å². The number of rotatable bonds is 5. The highest BCUT2D eigenvalue weighted by Crippen LogP contribution is 2.29. The molecular weight excluding hydrogens is 229 g/mol. The maximum Gasteiger partial charge on any atom is 0.416 e.